The number of sulfonamides is 1. The van der Waals surface area contributed by atoms with Crippen LogP contribution in [-0.2, 0) is 10.0 Å². The first-order valence-electron chi connectivity index (χ1n) is 3.31. The van der Waals surface area contributed by atoms with Crippen molar-refractivity contribution in [1.29, 1.82) is 0 Å². The van der Waals surface area contributed by atoms with E-state index in [1.54, 1.807) is 0 Å². The summed E-state index contributed by atoms with van der Waals surface area (Å²) in [5, 5.41) is 14.1. The molecule has 68 valence electrons. The van der Waals surface area contributed by atoms with E-state index in [2.05, 4.69) is 0 Å². The predicted molar refractivity (Wildman–Crippen MR) is 47.3 cm³/mol. The van der Waals surface area contributed by atoms with E-state index in [9.17, 15) is 13.5 Å². The summed E-state index contributed by atoms with van der Waals surface area (Å²) in [5.74, 6) is -0.317. The zero-order chi connectivity index (χ0) is 9.28. The quantitative estimate of drug-likeness (QED) is 0.599. The van der Waals surface area contributed by atoms with Crippen molar-refractivity contribution >= 4 is 18.1 Å². The van der Waals surface area contributed by atoms with Crippen LogP contribution in [-0.4, -0.2) is 33.1 Å². The normalized spacial score (nSPS) is 16.5. The van der Waals surface area contributed by atoms with Gasteiger partial charge in [-0.15, -0.1) is 0 Å². The third-order valence-corrected chi connectivity index (χ3v) is 4.67. The zero-order valence-electron chi connectivity index (χ0n) is 7.03. The summed E-state index contributed by atoms with van der Waals surface area (Å²) >= 11 is 0. The molecule has 0 aliphatic rings. The van der Waals surface area contributed by atoms with Gasteiger partial charge in [-0.25, -0.2) is 13.6 Å². The fraction of sp³-hybridized carbons (Fsp3) is 1.00. The molecule has 0 rings (SSSR count). The molecule has 0 amide bonds. The average molecular weight is 197 g/mol. The number of primary sulfonamides is 1. The van der Waals surface area contributed by atoms with Crippen molar-refractivity contribution in [3.8, 4) is 0 Å². The van der Waals surface area contributed by atoms with Crippen LogP contribution < -0.4 is 5.14 Å². The van der Waals surface area contributed by atoms with Crippen LogP contribution in [0.2, 0.25) is 19.6 Å². The first-order chi connectivity index (χ1) is 4.63. The summed E-state index contributed by atoms with van der Waals surface area (Å²) in [4.78, 5) is 0. The Bertz CT molecular complexity index is 218. The van der Waals surface area contributed by atoms with Gasteiger partial charge in [0.2, 0.25) is 10.0 Å². The molecular weight excluding hydrogens is 182 g/mol. The second-order valence-electron chi connectivity index (χ2n) is 3.71. The lowest BCUT2D eigenvalue weighted by atomic mass is 10.9. The molecular formula is C5H15NO3SSi. The van der Waals surface area contributed by atoms with E-state index in [0.717, 1.165) is 0 Å². The van der Waals surface area contributed by atoms with Crippen molar-refractivity contribution in [2.24, 2.45) is 5.14 Å². The van der Waals surface area contributed by atoms with E-state index < -0.39 is 23.8 Å². The van der Waals surface area contributed by atoms with Gasteiger partial charge >= 0.3 is 0 Å². The lowest BCUT2D eigenvalue weighted by molar-refractivity contribution is 0.266. The second-order valence-corrected chi connectivity index (χ2v) is 10.8. The average Bonchev–Trinajstić information content (AvgIpc) is 1.56. The zero-order valence-corrected chi connectivity index (χ0v) is 8.85. The summed E-state index contributed by atoms with van der Waals surface area (Å²) in [6.45, 7) is 5.68. The van der Waals surface area contributed by atoms with E-state index in [1.165, 1.54) is 0 Å². The number of rotatable bonds is 3. The molecule has 1 unspecified atom stereocenters. The third kappa shape index (κ3) is 5.37. The second kappa shape index (κ2) is 3.22. The summed E-state index contributed by atoms with van der Waals surface area (Å²) < 4.78 is 21.1. The summed E-state index contributed by atoms with van der Waals surface area (Å²) in [7, 11) is -5.30. The Morgan fingerprint density at radius 3 is 1.91 bits per heavy atom. The van der Waals surface area contributed by atoms with Gasteiger partial charge in [0, 0.05) is 0 Å². The highest BCUT2D eigenvalue weighted by Crippen LogP contribution is 2.08. The lowest BCUT2D eigenvalue weighted by Gasteiger charge is -2.22. The Labute approximate surface area is 68.5 Å². The van der Waals surface area contributed by atoms with E-state index >= 15 is 0 Å². The van der Waals surface area contributed by atoms with Crippen molar-refractivity contribution in [1.82, 2.24) is 0 Å². The molecule has 0 aliphatic carbocycles. The molecule has 0 aliphatic heterocycles. The first-order valence-corrected chi connectivity index (χ1v) is 8.61. The summed E-state index contributed by atoms with van der Waals surface area (Å²) in [5.41, 5.74) is -0.766. The fourth-order valence-electron chi connectivity index (χ4n) is 0.470. The predicted octanol–water partition coefficient (Wildman–Crippen LogP) is -0.487. The SMILES string of the molecule is C[Si](C)(C)C(O)CS(N)(=O)=O. The van der Waals surface area contributed by atoms with E-state index in [4.69, 9.17) is 5.14 Å². The number of aliphatic hydroxyl groups excluding tert-OH is 1. The number of hydrogen-bond donors (Lipinski definition) is 2. The molecule has 0 spiro atoms. The smallest absolute Gasteiger partial charge is 0.211 e. The molecule has 4 nitrogen and oxygen atoms in total. The molecule has 0 aromatic heterocycles. The van der Waals surface area contributed by atoms with Crippen molar-refractivity contribution in [2.45, 2.75) is 25.4 Å². The van der Waals surface area contributed by atoms with E-state index in [1.807, 2.05) is 19.6 Å². The largest absolute Gasteiger partial charge is 0.395 e. The van der Waals surface area contributed by atoms with Gasteiger partial charge in [-0.05, 0) is 0 Å². The van der Waals surface area contributed by atoms with Crippen LogP contribution in [0.25, 0.3) is 0 Å². The van der Waals surface area contributed by atoms with Crippen molar-refractivity contribution < 1.29 is 13.5 Å². The first kappa shape index (κ1) is 11.1. The maximum atomic E-state index is 10.5. The lowest BCUT2D eigenvalue weighted by Crippen LogP contribution is -2.44. The van der Waals surface area contributed by atoms with Gasteiger partial charge in [0.25, 0.3) is 0 Å². The summed E-state index contributed by atoms with van der Waals surface area (Å²) in [6.07, 6.45) is 0. The monoisotopic (exact) mass is 197 g/mol. The Hall–Kier alpha value is 0.0869. The van der Waals surface area contributed by atoms with Gasteiger partial charge in [-0.3, -0.25) is 0 Å². The number of nitrogens with two attached hydrogens (primary N) is 1. The third-order valence-electron chi connectivity index (χ3n) is 1.39. The Kier molecular flexibility index (Phi) is 3.24. The van der Waals surface area contributed by atoms with Crippen molar-refractivity contribution in [3.05, 3.63) is 0 Å². The van der Waals surface area contributed by atoms with Crippen LogP contribution in [0, 0.1) is 0 Å². The molecule has 0 aromatic rings. The highest BCUT2D eigenvalue weighted by atomic mass is 32.2. The topological polar surface area (TPSA) is 80.4 Å². The van der Waals surface area contributed by atoms with Gasteiger partial charge in [-0.1, -0.05) is 19.6 Å². The molecule has 0 fully saturated rings. The van der Waals surface area contributed by atoms with E-state index in [-0.39, 0.29) is 5.75 Å². The molecule has 1 atom stereocenters. The van der Waals surface area contributed by atoms with Gasteiger partial charge in [0.15, 0.2) is 0 Å². The molecule has 0 heterocycles. The van der Waals surface area contributed by atoms with Crippen molar-refractivity contribution in [3.63, 3.8) is 0 Å². The minimum absolute atomic E-state index is 0.317. The minimum atomic E-state index is -3.52. The Morgan fingerprint density at radius 1 is 1.45 bits per heavy atom. The molecule has 6 heteroatoms. The molecule has 0 aromatic carbocycles. The fourth-order valence-corrected chi connectivity index (χ4v) is 3.61. The number of hydrogen-bond acceptors (Lipinski definition) is 3. The van der Waals surface area contributed by atoms with Crippen LogP contribution in [0.5, 0.6) is 0 Å². The maximum Gasteiger partial charge on any atom is 0.211 e. The number of aliphatic hydroxyl groups is 1. The molecule has 0 saturated heterocycles. The van der Waals surface area contributed by atoms with Crippen molar-refractivity contribution in [2.75, 3.05) is 5.75 Å². The van der Waals surface area contributed by atoms with Gasteiger partial charge in [0.1, 0.15) is 0 Å². The molecule has 0 radical (unpaired) electrons. The molecule has 0 bridgehead atoms. The van der Waals surface area contributed by atoms with Crippen LogP contribution in [0.15, 0.2) is 0 Å². The maximum absolute atomic E-state index is 10.5. The highest BCUT2D eigenvalue weighted by Gasteiger charge is 2.27. The van der Waals surface area contributed by atoms with Gasteiger partial charge < -0.3 is 5.11 Å². The Morgan fingerprint density at radius 2 is 1.82 bits per heavy atom. The van der Waals surface area contributed by atoms with Crippen LogP contribution in [0.3, 0.4) is 0 Å². The van der Waals surface area contributed by atoms with E-state index in [0.29, 0.717) is 0 Å². The molecule has 0 saturated carbocycles. The molecule has 11 heavy (non-hydrogen) atoms. The van der Waals surface area contributed by atoms with Crippen LogP contribution in [0.1, 0.15) is 0 Å². The Balaban J connectivity index is 4.21. The summed E-state index contributed by atoms with van der Waals surface area (Å²) in [6, 6.07) is 0. The minimum Gasteiger partial charge on any atom is -0.395 e. The molecule has 3 N–H and O–H groups in total. The standard InChI is InChI=1S/C5H15NO3SSi/c1-11(2,3)5(7)4-10(6,8)9/h5,7H,4H2,1-3H3,(H2,6,8,9). The van der Waals surface area contributed by atoms with Crippen LogP contribution in [0.4, 0.5) is 0 Å². The highest BCUT2D eigenvalue weighted by molar-refractivity contribution is 7.89. The van der Waals surface area contributed by atoms with Crippen LogP contribution >= 0.6 is 0 Å². The van der Waals surface area contributed by atoms with Gasteiger partial charge in [0.05, 0.1) is 19.6 Å². The van der Waals surface area contributed by atoms with Gasteiger partial charge in [-0.2, -0.15) is 0 Å².